The second kappa shape index (κ2) is 4.37. The molecule has 0 amide bonds. The van der Waals surface area contributed by atoms with E-state index in [1.165, 1.54) is 0 Å². The largest absolute Gasteiger partial charge is 0.508 e. The van der Waals surface area contributed by atoms with Gasteiger partial charge in [0.1, 0.15) is 5.75 Å². The molecule has 0 saturated carbocycles. The molecular weight excluding hydrogens is 224 g/mol. The zero-order chi connectivity index (χ0) is 12.4. The fraction of sp³-hybridized carbons (Fsp3) is 0. The zero-order valence-electron chi connectivity index (χ0n) is 9.67. The van der Waals surface area contributed by atoms with Crippen LogP contribution < -0.4 is 0 Å². The van der Waals surface area contributed by atoms with Gasteiger partial charge in [0.05, 0.1) is 11.4 Å². The molecule has 0 bridgehead atoms. The van der Waals surface area contributed by atoms with Gasteiger partial charge in [-0.3, -0.25) is 5.10 Å². The maximum Gasteiger partial charge on any atom is 0.115 e. The molecule has 18 heavy (non-hydrogen) atoms. The summed E-state index contributed by atoms with van der Waals surface area (Å²) in [5.41, 5.74) is 3.94. The van der Waals surface area contributed by atoms with Gasteiger partial charge in [0, 0.05) is 5.56 Å². The molecule has 0 unspecified atom stereocenters. The summed E-state index contributed by atoms with van der Waals surface area (Å²) in [5.74, 6) is 0.262. The molecule has 0 saturated heterocycles. The number of nitrogens with zero attached hydrogens (tertiary/aromatic N) is 1. The third kappa shape index (κ3) is 1.98. The van der Waals surface area contributed by atoms with Gasteiger partial charge >= 0.3 is 0 Å². The van der Waals surface area contributed by atoms with Crippen LogP contribution in [0.4, 0.5) is 0 Å². The Morgan fingerprint density at radius 2 is 1.56 bits per heavy atom. The van der Waals surface area contributed by atoms with Crippen LogP contribution in [0.5, 0.6) is 5.75 Å². The van der Waals surface area contributed by atoms with Crippen LogP contribution in [0.2, 0.25) is 0 Å². The maximum atomic E-state index is 9.26. The van der Waals surface area contributed by atoms with Crippen molar-refractivity contribution in [1.29, 1.82) is 0 Å². The molecule has 3 rings (SSSR count). The van der Waals surface area contributed by atoms with Crippen LogP contribution in [0.1, 0.15) is 0 Å². The summed E-state index contributed by atoms with van der Waals surface area (Å²) < 4.78 is 0. The summed E-state index contributed by atoms with van der Waals surface area (Å²) in [6, 6.07) is 19.1. The number of benzene rings is 2. The summed E-state index contributed by atoms with van der Waals surface area (Å²) in [6.07, 6.45) is 0. The van der Waals surface area contributed by atoms with E-state index in [1.807, 2.05) is 48.5 Å². The third-order valence-corrected chi connectivity index (χ3v) is 2.83. The van der Waals surface area contributed by atoms with E-state index in [0.29, 0.717) is 0 Å². The fourth-order valence-electron chi connectivity index (χ4n) is 1.87. The van der Waals surface area contributed by atoms with Crippen molar-refractivity contribution in [2.24, 2.45) is 0 Å². The number of phenolic OH excluding ortho intramolecular Hbond substituents is 1. The van der Waals surface area contributed by atoms with Crippen LogP contribution in [0.3, 0.4) is 0 Å². The van der Waals surface area contributed by atoms with Gasteiger partial charge in [-0.2, -0.15) is 5.10 Å². The van der Waals surface area contributed by atoms with E-state index in [2.05, 4.69) is 10.2 Å². The number of H-pyrrole nitrogens is 1. The number of aromatic amines is 1. The Bertz CT molecular complexity index is 642. The predicted octanol–water partition coefficient (Wildman–Crippen LogP) is 3.45. The van der Waals surface area contributed by atoms with Crippen LogP contribution in [-0.2, 0) is 0 Å². The van der Waals surface area contributed by atoms with Gasteiger partial charge in [0.2, 0.25) is 0 Å². The average molecular weight is 236 g/mol. The molecule has 0 aliphatic rings. The standard InChI is InChI=1S/C15H12N2O/c18-13-8-6-12(7-9-13)15-10-14(16-17-15)11-4-2-1-3-5-11/h1-10,18H,(H,16,17). The Hall–Kier alpha value is -2.55. The van der Waals surface area contributed by atoms with Crippen molar-refractivity contribution in [3.05, 3.63) is 60.7 Å². The lowest BCUT2D eigenvalue weighted by atomic mass is 10.1. The van der Waals surface area contributed by atoms with Crippen LogP contribution in [-0.4, -0.2) is 15.3 Å². The van der Waals surface area contributed by atoms with Crippen LogP contribution in [0, 0.1) is 0 Å². The molecule has 0 radical (unpaired) electrons. The molecule has 1 heterocycles. The summed E-state index contributed by atoms with van der Waals surface area (Å²) in [6.45, 7) is 0. The normalized spacial score (nSPS) is 10.4. The molecule has 0 spiro atoms. The highest BCUT2D eigenvalue weighted by Crippen LogP contribution is 2.24. The maximum absolute atomic E-state index is 9.26. The van der Waals surface area contributed by atoms with Gasteiger partial charge in [-0.05, 0) is 35.9 Å². The van der Waals surface area contributed by atoms with Gasteiger partial charge in [-0.1, -0.05) is 30.3 Å². The molecule has 3 nitrogen and oxygen atoms in total. The van der Waals surface area contributed by atoms with E-state index in [-0.39, 0.29) is 5.75 Å². The molecule has 88 valence electrons. The minimum absolute atomic E-state index is 0.262. The zero-order valence-corrected chi connectivity index (χ0v) is 9.67. The van der Waals surface area contributed by atoms with Gasteiger partial charge in [0.25, 0.3) is 0 Å². The second-order valence-electron chi connectivity index (χ2n) is 4.08. The highest BCUT2D eigenvalue weighted by molar-refractivity contribution is 5.68. The van der Waals surface area contributed by atoms with E-state index < -0.39 is 0 Å². The minimum Gasteiger partial charge on any atom is -0.508 e. The minimum atomic E-state index is 0.262. The van der Waals surface area contributed by atoms with Gasteiger partial charge in [0.15, 0.2) is 0 Å². The molecule has 2 N–H and O–H groups in total. The third-order valence-electron chi connectivity index (χ3n) is 2.83. The summed E-state index contributed by atoms with van der Waals surface area (Å²) in [5, 5.41) is 16.6. The number of hydrogen-bond acceptors (Lipinski definition) is 2. The molecule has 0 atom stereocenters. The lowest BCUT2D eigenvalue weighted by Gasteiger charge is -1.96. The topological polar surface area (TPSA) is 48.9 Å². The van der Waals surface area contributed by atoms with Crippen molar-refractivity contribution in [1.82, 2.24) is 10.2 Å². The number of nitrogens with one attached hydrogen (secondary N) is 1. The highest BCUT2D eigenvalue weighted by Gasteiger charge is 2.05. The van der Waals surface area contributed by atoms with Crippen molar-refractivity contribution in [2.45, 2.75) is 0 Å². The monoisotopic (exact) mass is 236 g/mol. The van der Waals surface area contributed by atoms with Crippen LogP contribution in [0.15, 0.2) is 60.7 Å². The molecule has 0 aliphatic carbocycles. The van der Waals surface area contributed by atoms with Gasteiger partial charge in [-0.15, -0.1) is 0 Å². The van der Waals surface area contributed by atoms with E-state index in [9.17, 15) is 5.11 Å². The predicted molar refractivity (Wildman–Crippen MR) is 71.1 cm³/mol. The smallest absolute Gasteiger partial charge is 0.115 e. The van der Waals surface area contributed by atoms with Crippen molar-refractivity contribution < 1.29 is 5.11 Å². The SMILES string of the molecule is Oc1ccc(-c2cc(-c3ccccc3)[nH]n2)cc1. The number of phenols is 1. The van der Waals surface area contributed by atoms with E-state index in [4.69, 9.17) is 0 Å². The first-order valence-corrected chi connectivity index (χ1v) is 5.73. The molecule has 3 heteroatoms. The number of aromatic nitrogens is 2. The Kier molecular flexibility index (Phi) is 2.57. The second-order valence-corrected chi connectivity index (χ2v) is 4.08. The first-order valence-electron chi connectivity index (χ1n) is 5.73. The lowest BCUT2D eigenvalue weighted by Crippen LogP contribution is -1.76. The van der Waals surface area contributed by atoms with E-state index in [1.54, 1.807) is 12.1 Å². The van der Waals surface area contributed by atoms with Crippen LogP contribution >= 0.6 is 0 Å². The molecule has 0 fully saturated rings. The average Bonchev–Trinajstić information content (AvgIpc) is 2.90. The number of hydrogen-bond donors (Lipinski definition) is 2. The molecule has 1 aromatic heterocycles. The molecule has 3 aromatic rings. The van der Waals surface area contributed by atoms with Gasteiger partial charge in [-0.25, -0.2) is 0 Å². The van der Waals surface area contributed by atoms with E-state index >= 15 is 0 Å². The Morgan fingerprint density at radius 1 is 0.833 bits per heavy atom. The first kappa shape index (κ1) is 10.6. The summed E-state index contributed by atoms with van der Waals surface area (Å²) in [7, 11) is 0. The van der Waals surface area contributed by atoms with Crippen molar-refractivity contribution in [3.8, 4) is 28.3 Å². The fourth-order valence-corrected chi connectivity index (χ4v) is 1.87. The summed E-state index contributed by atoms with van der Waals surface area (Å²) >= 11 is 0. The Labute approximate surface area is 105 Å². The quantitative estimate of drug-likeness (QED) is 0.716. The van der Waals surface area contributed by atoms with Crippen molar-refractivity contribution >= 4 is 0 Å². The Morgan fingerprint density at radius 3 is 2.28 bits per heavy atom. The van der Waals surface area contributed by atoms with Crippen molar-refractivity contribution in [3.63, 3.8) is 0 Å². The van der Waals surface area contributed by atoms with E-state index in [0.717, 1.165) is 22.5 Å². The molecular formula is C15H12N2O. The molecule has 2 aromatic carbocycles. The van der Waals surface area contributed by atoms with Crippen LogP contribution in [0.25, 0.3) is 22.5 Å². The van der Waals surface area contributed by atoms with Gasteiger partial charge < -0.3 is 5.11 Å². The number of rotatable bonds is 2. The summed E-state index contributed by atoms with van der Waals surface area (Å²) in [4.78, 5) is 0. The highest BCUT2D eigenvalue weighted by atomic mass is 16.3. The number of aromatic hydroxyl groups is 1. The first-order chi connectivity index (χ1) is 8.83. The van der Waals surface area contributed by atoms with Crippen molar-refractivity contribution in [2.75, 3.05) is 0 Å². The lowest BCUT2D eigenvalue weighted by molar-refractivity contribution is 0.475. The Balaban J connectivity index is 1.97. The molecule has 0 aliphatic heterocycles.